The molecular weight excluding hydrogens is 272 g/mol. The quantitative estimate of drug-likeness (QED) is 0.752. The van der Waals surface area contributed by atoms with Gasteiger partial charge in [-0.15, -0.1) is 0 Å². The number of aryl methyl sites for hydroxylation is 1. The van der Waals surface area contributed by atoms with Crippen LogP contribution in [0.25, 0.3) is 0 Å². The predicted octanol–water partition coefficient (Wildman–Crippen LogP) is 0.888. The molecule has 3 N–H and O–H groups in total. The van der Waals surface area contributed by atoms with Gasteiger partial charge in [0.1, 0.15) is 24.1 Å². The van der Waals surface area contributed by atoms with Crippen molar-refractivity contribution < 1.29 is 24.8 Å². The first-order valence-electron chi connectivity index (χ1n) is 7.35. The van der Waals surface area contributed by atoms with Gasteiger partial charge in [0, 0.05) is 0 Å². The van der Waals surface area contributed by atoms with E-state index in [-0.39, 0.29) is 0 Å². The van der Waals surface area contributed by atoms with Gasteiger partial charge < -0.3 is 24.8 Å². The Morgan fingerprint density at radius 2 is 1.71 bits per heavy atom. The highest BCUT2D eigenvalue weighted by molar-refractivity contribution is 5.27. The van der Waals surface area contributed by atoms with E-state index in [1.54, 1.807) is 14.0 Å². The second-order valence-corrected chi connectivity index (χ2v) is 5.59. The Kier molecular flexibility index (Phi) is 5.58. The van der Waals surface area contributed by atoms with Crippen LogP contribution in [0.4, 0.5) is 0 Å². The normalized spacial score (nSPS) is 32.9. The number of benzene rings is 1. The Hall–Kier alpha value is -1.14. The van der Waals surface area contributed by atoms with Crippen molar-refractivity contribution in [1.29, 1.82) is 0 Å². The lowest BCUT2D eigenvalue weighted by atomic mass is 9.92. The fourth-order valence-electron chi connectivity index (χ4n) is 2.67. The van der Waals surface area contributed by atoms with Gasteiger partial charge in [-0.3, -0.25) is 0 Å². The van der Waals surface area contributed by atoms with Crippen LogP contribution in [0.15, 0.2) is 24.3 Å². The molecule has 1 fully saturated rings. The van der Waals surface area contributed by atoms with Crippen LogP contribution in [0.2, 0.25) is 0 Å². The molecule has 5 atom stereocenters. The molecule has 1 heterocycles. The summed E-state index contributed by atoms with van der Waals surface area (Å²) in [6.07, 6.45) is -1.76. The van der Waals surface area contributed by atoms with Crippen molar-refractivity contribution in [2.75, 3.05) is 7.11 Å². The fraction of sp³-hybridized carbons (Fsp3) is 0.625. The van der Waals surface area contributed by atoms with E-state index >= 15 is 0 Å². The second kappa shape index (κ2) is 7.22. The molecule has 1 aromatic rings. The maximum Gasteiger partial charge on any atom is 0.118 e. The van der Waals surface area contributed by atoms with E-state index < -0.39 is 30.5 Å². The number of rotatable bonds is 5. The molecule has 0 radical (unpaired) electrons. The van der Waals surface area contributed by atoms with E-state index in [9.17, 15) is 15.3 Å². The summed E-state index contributed by atoms with van der Waals surface area (Å²) < 4.78 is 10.7. The van der Waals surface area contributed by atoms with Crippen LogP contribution in [0.3, 0.4) is 0 Å². The van der Waals surface area contributed by atoms with E-state index in [2.05, 4.69) is 0 Å². The zero-order valence-electron chi connectivity index (χ0n) is 12.5. The van der Waals surface area contributed by atoms with Crippen molar-refractivity contribution in [1.82, 2.24) is 0 Å². The van der Waals surface area contributed by atoms with Crippen molar-refractivity contribution in [3.63, 3.8) is 0 Å². The Bertz CT molecular complexity index is 433. The Morgan fingerprint density at radius 1 is 1.05 bits per heavy atom. The molecule has 2 rings (SSSR count). The molecule has 0 aromatic heterocycles. The van der Waals surface area contributed by atoms with E-state index in [1.165, 1.54) is 5.56 Å². The third kappa shape index (κ3) is 3.95. The molecule has 1 aliphatic rings. The van der Waals surface area contributed by atoms with E-state index in [0.717, 1.165) is 18.6 Å². The molecule has 1 saturated heterocycles. The summed E-state index contributed by atoms with van der Waals surface area (Å²) >= 11 is 0. The lowest BCUT2D eigenvalue weighted by Gasteiger charge is -2.39. The number of hydrogen-bond donors (Lipinski definition) is 3. The number of aliphatic hydroxyl groups excluding tert-OH is 3. The highest BCUT2D eigenvalue weighted by Crippen LogP contribution is 2.24. The first-order chi connectivity index (χ1) is 10.0. The van der Waals surface area contributed by atoms with Gasteiger partial charge in [0.05, 0.1) is 19.3 Å². The smallest absolute Gasteiger partial charge is 0.118 e. The average Bonchev–Trinajstić information content (AvgIpc) is 2.51. The molecular formula is C16H24O5. The summed E-state index contributed by atoms with van der Waals surface area (Å²) in [6.45, 7) is 1.70. The van der Waals surface area contributed by atoms with Crippen LogP contribution in [0, 0.1) is 0 Å². The minimum atomic E-state index is -1.14. The molecule has 5 nitrogen and oxygen atoms in total. The van der Waals surface area contributed by atoms with Crippen molar-refractivity contribution in [3.8, 4) is 5.75 Å². The minimum absolute atomic E-state index is 0.434. The molecule has 21 heavy (non-hydrogen) atoms. The molecule has 0 aliphatic carbocycles. The van der Waals surface area contributed by atoms with Crippen molar-refractivity contribution >= 4 is 0 Å². The summed E-state index contributed by atoms with van der Waals surface area (Å²) in [5.74, 6) is 0.829. The molecule has 118 valence electrons. The van der Waals surface area contributed by atoms with Crippen LogP contribution >= 0.6 is 0 Å². The molecule has 1 aromatic carbocycles. The molecule has 0 saturated carbocycles. The first kappa shape index (κ1) is 16.2. The van der Waals surface area contributed by atoms with Gasteiger partial charge in [0.2, 0.25) is 0 Å². The lowest BCUT2D eigenvalue weighted by molar-refractivity contribution is -0.218. The third-order valence-corrected chi connectivity index (χ3v) is 4.06. The van der Waals surface area contributed by atoms with Gasteiger partial charge in [-0.1, -0.05) is 12.1 Å². The van der Waals surface area contributed by atoms with Gasteiger partial charge in [-0.25, -0.2) is 0 Å². The van der Waals surface area contributed by atoms with E-state index in [1.807, 2.05) is 24.3 Å². The van der Waals surface area contributed by atoms with Crippen molar-refractivity contribution in [2.45, 2.75) is 56.7 Å². The summed E-state index contributed by atoms with van der Waals surface area (Å²) in [7, 11) is 1.64. The number of hydrogen-bond acceptors (Lipinski definition) is 5. The summed E-state index contributed by atoms with van der Waals surface area (Å²) in [5.41, 5.74) is 1.19. The third-order valence-electron chi connectivity index (χ3n) is 4.06. The van der Waals surface area contributed by atoms with Gasteiger partial charge in [0.15, 0.2) is 0 Å². The zero-order chi connectivity index (χ0) is 15.4. The average molecular weight is 296 g/mol. The van der Waals surface area contributed by atoms with Crippen molar-refractivity contribution in [3.05, 3.63) is 29.8 Å². The predicted molar refractivity (Wildman–Crippen MR) is 78.3 cm³/mol. The van der Waals surface area contributed by atoms with Gasteiger partial charge in [-0.2, -0.15) is 0 Å². The fourth-order valence-corrected chi connectivity index (χ4v) is 2.67. The van der Waals surface area contributed by atoms with Crippen LogP contribution in [0.5, 0.6) is 5.75 Å². The minimum Gasteiger partial charge on any atom is -0.497 e. The number of ether oxygens (including phenoxy) is 2. The van der Waals surface area contributed by atoms with Crippen LogP contribution in [0.1, 0.15) is 25.3 Å². The van der Waals surface area contributed by atoms with Crippen LogP contribution < -0.4 is 4.74 Å². The summed E-state index contributed by atoms with van der Waals surface area (Å²) in [4.78, 5) is 0. The van der Waals surface area contributed by atoms with Gasteiger partial charge in [0.25, 0.3) is 0 Å². The highest BCUT2D eigenvalue weighted by Gasteiger charge is 2.41. The van der Waals surface area contributed by atoms with E-state index in [4.69, 9.17) is 9.47 Å². The molecule has 0 bridgehead atoms. The standard InChI is InChI=1S/C16H24O5/c1-10-14(17)16(19)15(18)13(21-10)5-3-4-11-6-8-12(20-2)9-7-11/h6-10,13-19H,3-5H2,1-2H3/t10?,13-,14+,15?,16-/m0/s1. The molecule has 0 spiro atoms. The largest absolute Gasteiger partial charge is 0.497 e. The monoisotopic (exact) mass is 296 g/mol. The Morgan fingerprint density at radius 3 is 2.33 bits per heavy atom. The topological polar surface area (TPSA) is 79.2 Å². The molecule has 5 heteroatoms. The van der Waals surface area contributed by atoms with Crippen LogP contribution in [-0.4, -0.2) is 52.9 Å². The first-order valence-corrected chi connectivity index (χ1v) is 7.35. The lowest BCUT2D eigenvalue weighted by Crippen LogP contribution is -2.56. The summed E-state index contributed by atoms with van der Waals surface area (Å²) in [5, 5.41) is 29.3. The Labute approximate surface area is 125 Å². The SMILES string of the molecule is COc1ccc(CCC[C@@H]2OC(C)[C@@H](O)[C@H](O)C2O)cc1. The number of methoxy groups -OCH3 is 1. The number of aliphatic hydroxyl groups is 3. The highest BCUT2D eigenvalue weighted by atomic mass is 16.5. The molecule has 1 aliphatic heterocycles. The maximum absolute atomic E-state index is 9.94. The maximum atomic E-state index is 9.94. The zero-order valence-corrected chi connectivity index (χ0v) is 12.5. The molecule has 2 unspecified atom stereocenters. The van der Waals surface area contributed by atoms with Gasteiger partial charge >= 0.3 is 0 Å². The summed E-state index contributed by atoms with van der Waals surface area (Å²) in [6, 6.07) is 7.86. The molecule has 0 amide bonds. The van der Waals surface area contributed by atoms with E-state index in [0.29, 0.717) is 6.42 Å². The Balaban J connectivity index is 1.82. The second-order valence-electron chi connectivity index (χ2n) is 5.59. The van der Waals surface area contributed by atoms with Gasteiger partial charge in [-0.05, 0) is 43.9 Å². The van der Waals surface area contributed by atoms with Crippen LogP contribution in [-0.2, 0) is 11.2 Å². The van der Waals surface area contributed by atoms with Crippen molar-refractivity contribution in [2.24, 2.45) is 0 Å².